The van der Waals surface area contributed by atoms with Crippen molar-refractivity contribution >= 4 is 0 Å². The van der Waals surface area contributed by atoms with Crippen LogP contribution >= 0.6 is 0 Å². The highest BCUT2D eigenvalue weighted by Gasteiger charge is 2.15. The maximum atomic E-state index is 5.40. The minimum Gasteiger partial charge on any atom is -0.454 e. The van der Waals surface area contributed by atoms with Crippen molar-refractivity contribution in [2.45, 2.75) is 0 Å². The third kappa shape index (κ3) is 1.82. The Bertz CT molecular complexity index is 749. The van der Waals surface area contributed by atoms with E-state index in [1.807, 2.05) is 54.6 Å². The SMILES string of the molecule is c1ccc(-c2cc(-c3ccc4c(c3)OCO4)no2)cc1. The molecule has 0 fully saturated rings. The maximum Gasteiger partial charge on any atom is 0.231 e. The lowest BCUT2D eigenvalue weighted by Crippen LogP contribution is -1.92. The van der Waals surface area contributed by atoms with E-state index in [0.717, 1.165) is 34.1 Å². The number of nitrogens with zero attached hydrogens (tertiary/aromatic N) is 1. The highest BCUT2D eigenvalue weighted by molar-refractivity contribution is 5.69. The summed E-state index contributed by atoms with van der Waals surface area (Å²) >= 11 is 0. The van der Waals surface area contributed by atoms with Crippen molar-refractivity contribution in [2.24, 2.45) is 0 Å². The molecule has 0 aliphatic carbocycles. The van der Waals surface area contributed by atoms with E-state index in [2.05, 4.69) is 5.16 Å². The molecule has 0 radical (unpaired) electrons. The van der Waals surface area contributed by atoms with Gasteiger partial charge in [0.25, 0.3) is 0 Å². The van der Waals surface area contributed by atoms with Gasteiger partial charge in [0.1, 0.15) is 5.69 Å². The number of benzene rings is 2. The summed E-state index contributed by atoms with van der Waals surface area (Å²) in [5.41, 5.74) is 2.73. The first-order chi connectivity index (χ1) is 9.90. The molecular weight excluding hydrogens is 254 g/mol. The molecule has 0 saturated carbocycles. The minimum absolute atomic E-state index is 0.271. The molecule has 1 aromatic heterocycles. The van der Waals surface area contributed by atoms with Gasteiger partial charge in [-0.2, -0.15) is 0 Å². The smallest absolute Gasteiger partial charge is 0.231 e. The first kappa shape index (κ1) is 11.1. The molecule has 0 saturated heterocycles. The second kappa shape index (κ2) is 4.42. The fraction of sp³-hybridized carbons (Fsp3) is 0.0625. The Morgan fingerprint density at radius 3 is 2.55 bits per heavy atom. The van der Waals surface area contributed by atoms with Gasteiger partial charge >= 0.3 is 0 Å². The predicted molar refractivity (Wildman–Crippen MR) is 73.5 cm³/mol. The Labute approximate surface area is 115 Å². The van der Waals surface area contributed by atoms with E-state index in [1.54, 1.807) is 0 Å². The van der Waals surface area contributed by atoms with Gasteiger partial charge in [0.2, 0.25) is 6.79 Å². The summed E-state index contributed by atoms with van der Waals surface area (Å²) in [6.45, 7) is 0.271. The molecule has 0 unspecified atom stereocenters. The maximum absolute atomic E-state index is 5.40. The topological polar surface area (TPSA) is 44.5 Å². The average molecular weight is 265 g/mol. The average Bonchev–Trinajstić information content (AvgIpc) is 3.16. The van der Waals surface area contributed by atoms with Crippen LogP contribution in [0.3, 0.4) is 0 Å². The summed E-state index contributed by atoms with van der Waals surface area (Å²) in [7, 11) is 0. The molecule has 0 amide bonds. The molecule has 1 aliphatic heterocycles. The van der Waals surface area contributed by atoms with Crippen molar-refractivity contribution in [3.8, 4) is 34.1 Å². The number of rotatable bonds is 2. The van der Waals surface area contributed by atoms with Crippen LogP contribution in [0.2, 0.25) is 0 Å². The standard InChI is InChI=1S/C16H11NO3/c1-2-4-11(5-3-1)15-9-13(17-20-15)12-6-7-14-16(8-12)19-10-18-14/h1-9H,10H2. The van der Waals surface area contributed by atoms with Crippen molar-refractivity contribution in [1.82, 2.24) is 5.16 Å². The fourth-order valence-electron chi connectivity index (χ4n) is 2.21. The molecule has 4 rings (SSSR count). The van der Waals surface area contributed by atoms with Gasteiger partial charge in [-0.15, -0.1) is 0 Å². The van der Waals surface area contributed by atoms with Gasteiger partial charge < -0.3 is 14.0 Å². The largest absolute Gasteiger partial charge is 0.454 e. The first-order valence-corrected chi connectivity index (χ1v) is 6.32. The number of hydrogen-bond acceptors (Lipinski definition) is 4. The number of fused-ring (bicyclic) bond motifs is 1. The van der Waals surface area contributed by atoms with Crippen LogP contribution in [0.1, 0.15) is 0 Å². The molecule has 0 spiro atoms. The van der Waals surface area contributed by atoms with Gasteiger partial charge in [0.05, 0.1) is 0 Å². The van der Waals surface area contributed by atoms with E-state index in [1.165, 1.54) is 0 Å². The Balaban J connectivity index is 1.72. The normalized spacial score (nSPS) is 12.6. The molecule has 4 heteroatoms. The van der Waals surface area contributed by atoms with Crippen LogP contribution in [0.15, 0.2) is 59.1 Å². The van der Waals surface area contributed by atoms with E-state index >= 15 is 0 Å². The summed E-state index contributed by atoms with van der Waals surface area (Å²) in [5.74, 6) is 2.26. The molecule has 0 bridgehead atoms. The Hall–Kier alpha value is -2.75. The zero-order chi connectivity index (χ0) is 13.4. The van der Waals surface area contributed by atoms with Crippen LogP contribution in [-0.2, 0) is 0 Å². The quantitative estimate of drug-likeness (QED) is 0.708. The molecular formula is C16H11NO3. The second-order valence-corrected chi connectivity index (χ2v) is 4.51. The van der Waals surface area contributed by atoms with Crippen molar-refractivity contribution in [3.63, 3.8) is 0 Å². The lowest BCUT2D eigenvalue weighted by molar-refractivity contribution is 0.174. The molecule has 3 aromatic rings. The van der Waals surface area contributed by atoms with Gasteiger partial charge in [-0.05, 0) is 18.2 Å². The minimum atomic E-state index is 0.271. The van der Waals surface area contributed by atoms with Gasteiger partial charge in [-0.3, -0.25) is 0 Å². The third-order valence-electron chi connectivity index (χ3n) is 3.24. The second-order valence-electron chi connectivity index (χ2n) is 4.51. The van der Waals surface area contributed by atoms with Gasteiger partial charge in [-0.1, -0.05) is 35.5 Å². The highest BCUT2D eigenvalue weighted by atomic mass is 16.7. The first-order valence-electron chi connectivity index (χ1n) is 6.32. The van der Waals surface area contributed by atoms with E-state index in [0.29, 0.717) is 0 Å². The van der Waals surface area contributed by atoms with E-state index < -0.39 is 0 Å². The molecule has 0 N–H and O–H groups in total. The summed E-state index contributed by atoms with van der Waals surface area (Å²) < 4.78 is 16.1. The summed E-state index contributed by atoms with van der Waals surface area (Å²) in [4.78, 5) is 0. The van der Waals surface area contributed by atoms with E-state index in [-0.39, 0.29) is 6.79 Å². The van der Waals surface area contributed by atoms with Crippen molar-refractivity contribution in [2.75, 3.05) is 6.79 Å². The molecule has 2 heterocycles. The number of aromatic nitrogens is 1. The summed E-state index contributed by atoms with van der Waals surface area (Å²) in [5, 5.41) is 4.12. The number of ether oxygens (including phenoxy) is 2. The monoisotopic (exact) mass is 265 g/mol. The molecule has 0 atom stereocenters. The predicted octanol–water partition coefficient (Wildman–Crippen LogP) is 3.74. The Kier molecular flexibility index (Phi) is 2.45. The van der Waals surface area contributed by atoms with Crippen molar-refractivity contribution < 1.29 is 14.0 Å². The molecule has 98 valence electrons. The summed E-state index contributed by atoms with van der Waals surface area (Å²) in [6, 6.07) is 17.6. The van der Waals surface area contributed by atoms with Crippen molar-refractivity contribution in [3.05, 3.63) is 54.6 Å². The lowest BCUT2D eigenvalue weighted by atomic mass is 10.1. The summed E-state index contributed by atoms with van der Waals surface area (Å²) in [6.07, 6.45) is 0. The number of hydrogen-bond donors (Lipinski definition) is 0. The van der Waals surface area contributed by atoms with Gasteiger partial charge in [-0.25, -0.2) is 0 Å². The van der Waals surface area contributed by atoms with E-state index in [4.69, 9.17) is 14.0 Å². The molecule has 4 nitrogen and oxygen atoms in total. The molecule has 1 aliphatic rings. The van der Waals surface area contributed by atoms with Crippen LogP contribution < -0.4 is 9.47 Å². The van der Waals surface area contributed by atoms with Crippen LogP contribution in [0, 0.1) is 0 Å². The van der Waals surface area contributed by atoms with Gasteiger partial charge in [0.15, 0.2) is 17.3 Å². The Morgan fingerprint density at radius 1 is 0.800 bits per heavy atom. The lowest BCUT2D eigenvalue weighted by Gasteiger charge is -1.98. The zero-order valence-electron chi connectivity index (χ0n) is 10.6. The fourth-order valence-corrected chi connectivity index (χ4v) is 2.21. The molecule has 2 aromatic carbocycles. The highest BCUT2D eigenvalue weighted by Crippen LogP contribution is 2.36. The van der Waals surface area contributed by atoms with Crippen LogP contribution in [0.5, 0.6) is 11.5 Å². The van der Waals surface area contributed by atoms with Crippen molar-refractivity contribution in [1.29, 1.82) is 0 Å². The third-order valence-corrected chi connectivity index (χ3v) is 3.24. The molecule has 20 heavy (non-hydrogen) atoms. The van der Waals surface area contributed by atoms with Crippen LogP contribution in [0.4, 0.5) is 0 Å². The zero-order valence-corrected chi connectivity index (χ0v) is 10.6. The van der Waals surface area contributed by atoms with Crippen LogP contribution in [-0.4, -0.2) is 11.9 Å². The Morgan fingerprint density at radius 2 is 1.65 bits per heavy atom. The van der Waals surface area contributed by atoms with E-state index in [9.17, 15) is 0 Å². The van der Waals surface area contributed by atoms with Gasteiger partial charge in [0, 0.05) is 17.2 Å². The van der Waals surface area contributed by atoms with Crippen LogP contribution in [0.25, 0.3) is 22.6 Å².